The van der Waals surface area contributed by atoms with Gasteiger partial charge in [-0.25, -0.2) is 14.8 Å². The zero-order valence-corrected chi connectivity index (χ0v) is 14.2. The third-order valence-corrected chi connectivity index (χ3v) is 3.32. The van der Waals surface area contributed by atoms with Crippen molar-refractivity contribution in [1.29, 1.82) is 0 Å². The number of carbonyl (C=O) groups is 1. The van der Waals surface area contributed by atoms with E-state index in [1.165, 1.54) is 19.7 Å². The average molecular weight is 343 g/mol. The van der Waals surface area contributed by atoms with E-state index in [-0.39, 0.29) is 11.8 Å². The number of nitrogens with zero attached hydrogens (tertiary/aromatic N) is 3. The summed E-state index contributed by atoms with van der Waals surface area (Å²) >= 11 is 0. The molecule has 2 aromatic rings. The van der Waals surface area contributed by atoms with Crippen LogP contribution >= 0.6 is 0 Å². The molecule has 0 atom stereocenters. The molecule has 0 fully saturated rings. The summed E-state index contributed by atoms with van der Waals surface area (Å²) in [6.07, 6.45) is 4.61. The van der Waals surface area contributed by atoms with Crippen LogP contribution in [0.4, 0.5) is 17.3 Å². The number of hydrogen-bond donors (Lipinski definition) is 2. The monoisotopic (exact) mass is 343 g/mol. The maximum Gasteiger partial charge on any atom is 0.338 e. The number of oxime groups is 1. The molecule has 0 unspecified atom stereocenters. The molecule has 25 heavy (non-hydrogen) atoms. The lowest BCUT2D eigenvalue weighted by molar-refractivity contribution is 0.0500. The van der Waals surface area contributed by atoms with Crippen molar-refractivity contribution in [2.75, 3.05) is 24.8 Å². The van der Waals surface area contributed by atoms with Gasteiger partial charge in [-0.05, 0) is 30.7 Å². The van der Waals surface area contributed by atoms with Crippen LogP contribution in [0, 0.1) is 0 Å². The highest BCUT2D eigenvalue weighted by Gasteiger charge is 2.10. The Bertz CT molecular complexity index is 732. The first-order valence-electron chi connectivity index (χ1n) is 7.87. The largest absolute Gasteiger partial charge is 0.462 e. The molecule has 132 valence electrons. The topological polar surface area (TPSA) is 112 Å². The summed E-state index contributed by atoms with van der Waals surface area (Å²) in [6.45, 7) is 2.47. The molecule has 0 aliphatic heterocycles. The molecule has 2 rings (SSSR count). The third kappa shape index (κ3) is 5.17. The zero-order valence-electron chi connectivity index (χ0n) is 14.2. The molecule has 0 amide bonds. The van der Waals surface area contributed by atoms with Gasteiger partial charge in [0.2, 0.25) is 0 Å². The van der Waals surface area contributed by atoms with Crippen molar-refractivity contribution in [2.24, 2.45) is 5.16 Å². The lowest BCUT2D eigenvalue weighted by atomic mass is 10.2. The predicted molar refractivity (Wildman–Crippen MR) is 96.0 cm³/mol. The number of nitrogen functional groups attached to an aromatic ring is 1. The van der Waals surface area contributed by atoms with E-state index in [0.29, 0.717) is 23.6 Å². The number of esters is 1. The molecule has 3 N–H and O–H groups in total. The molecular formula is C17H21N5O3. The van der Waals surface area contributed by atoms with Gasteiger partial charge in [-0.15, -0.1) is 0 Å². The number of unbranched alkanes of at least 4 members (excludes halogenated alkanes) is 1. The van der Waals surface area contributed by atoms with E-state index < -0.39 is 0 Å². The molecule has 0 radical (unpaired) electrons. The van der Waals surface area contributed by atoms with Crippen LogP contribution in [0.25, 0.3) is 0 Å². The Kier molecular flexibility index (Phi) is 6.70. The minimum atomic E-state index is -0.334. The second-order valence-electron chi connectivity index (χ2n) is 5.13. The Morgan fingerprint density at radius 3 is 2.76 bits per heavy atom. The number of anilines is 3. The fourth-order valence-electron chi connectivity index (χ4n) is 1.96. The van der Waals surface area contributed by atoms with Gasteiger partial charge >= 0.3 is 5.97 Å². The summed E-state index contributed by atoms with van der Waals surface area (Å²) in [5.74, 6) is 0.417. The summed E-state index contributed by atoms with van der Waals surface area (Å²) < 4.78 is 5.18. The summed E-state index contributed by atoms with van der Waals surface area (Å²) in [6, 6.07) is 6.88. The lowest BCUT2D eigenvalue weighted by Gasteiger charge is -2.10. The first kappa shape index (κ1) is 18.2. The molecule has 1 aromatic carbocycles. The van der Waals surface area contributed by atoms with E-state index in [1.54, 1.807) is 24.3 Å². The Balaban J connectivity index is 2.10. The second kappa shape index (κ2) is 9.21. The maximum absolute atomic E-state index is 11.9. The molecule has 0 spiro atoms. The number of nitrogens with two attached hydrogens (primary N) is 1. The maximum atomic E-state index is 11.9. The van der Waals surface area contributed by atoms with E-state index in [2.05, 4.69) is 25.3 Å². The van der Waals surface area contributed by atoms with Gasteiger partial charge in [0.1, 0.15) is 25.1 Å². The summed E-state index contributed by atoms with van der Waals surface area (Å²) in [5.41, 5.74) is 7.57. The minimum Gasteiger partial charge on any atom is -0.462 e. The lowest BCUT2D eigenvalue weighted by Crippen LogP contribution is -2.07. The van der Waals surface area contributed by atoms with Crippen molar-refractivity contribution in [1.82, 2.24) is 9.97 Å². The molecular weight excluding hydrogens is 322 g/mol. The Morgan fingerprint density at radius 2 is 2.08 bits per heavy atom. The molecule has 0 aliphatic carbocycles. The van der Waals surface area contributed by atoms with Crippen LogP contribution in [-0.4, -0.2) is 35.9 Å². The minimum absolute atomic E-state index is 0.273. The molecule has 1 heterocycles. The smallest absolute Gasteiger partial charge is 0.338 e. The fraction of sp³-hybridized carbons (Fsp3) is 0.294. The van der Waals surface area contributed by atoms with Crippen LogP contribution < -0.4 is 11.1 Å². The number of rotatable bonds is 8. The summed E-state index contributed by atoms with van der Waals surface area (Å²) in [5, 5.41) is 6.80. The second-order valence-corrected chi connectivity index (χ2v) is 5.13. The zero-order chi connectivity index (χ0) is 18.1. The standard InChI is InChI=1S/C17H21N5O3/c1-3-4-9-25-17(23)12-5-7-13(8-6-12)22-16-14(10-21-24-2)15(18)19-11-20-16/h5-8,10-11H,3-4,9H2,1-2H3,(H3,18,19,20,22)/b21-10+. The SMILES string of the molecule is CCCCOC(=O)c1ccc(Nc2ncnc(N)c2/C=N/OC)cc1. The molecule has 8 heteroatoms. The Morgan fingerprint density at radius 1 is 1.32 bits per heavy atom. The molecule has 0 aliphatic rings. The van der Waals surface area contributed by atoms with Gasteiger partial charge in [0.05, 0.1) is 23.9 Å². The van der Waals surface area contributed by atoms with Crippen molar-refractivity contribution in [3.63, 3.8) is 0 Å². The van der Waals surface area contributed by atoms with Crippen LogP contribution in [0.15, 0.2) is 35.7 Å². The van der Waals surface area contributed by atoms with Gasteiger partial charge in [0, 0.05) is 5.69 Å². The first-order valence-corrected chi connectivity index (χ1v) is 7.87. The number of benzene rings is 1. The first-order chi connectivity index (χ1) is 12.2. The Labute approximate surface area is 146 Å². The van der Waals surface area contributed by atoms with Crippen LogP contribution in [0.3, 0.4) is 0 Å². The predicted octanol–water partition coefficient (Wildman–Crippen LogP) is 2.74. The molecule has 0 saturated carbocycles. The van der Waals surface area contributed by atoms with E-state index in [1.807, 2.05) is 6.92 Å². The van der Waals surface area contributed by atoms with Gasteiger partial charge in [0.25, 0.3) is 0 Å². The van der Waals surface area contributed by atoms with Crippen molar-refractivity contribution in [2.45, 2.75) is 19.8 Å². The van der Waals surface area contributed by atoms with Gasteiger partial charge in [-0.2, -0.15) is 0 Å². The van der Waals surface area contributed by atoms with Gasteiger partial charge in [-0.1, -0.05) is 18.5 Å². The van der Waals surface area contributed by atoms with E-state index in [0.717, 1.165) is 18.5 Å². The van der Waals surface area contributed by atoms with Crippen molar-refractivity contribution in [3.8, 4) is 0 Å². The molecule has 8 nitrogen and oxygen atoms in total. The van der Waals surface area contributed by atoms with Crippen molar-refractivity contribution >= 4 is 29.5 Å². The number of aromatic nitrogens is 2. The number of nitrogens with one attached hydrogen (secondary N) is 1. The molecule has 0 bridgehead atoms. The van der Waals surface area contributed by atoms with Crippen molar-refractivity contribution < 1.29 is 14.4 Å². The van der Waals surface area contributed by atoms with Crippen LogP contribution in [0.5, 0.6) is 0 Å². The van der Waals surface area contributed by atoms with Crippen LogP contribution in [-0.2, 0) is 9.57 Å². The average Bonchev–Trinajstić information content (AvgIpc) is 2.62. The van der Waals surface area contributed by atoms with Gasteiger partial charge < -0.3 is 20.6 Å². The van der Waals surface area contributed by atoms with Crippen molar-refractivity contribution in [3.05, 3.63) is 41.7 Å². The van der Waals surface area contributed by atoms with E-state index >= 15 is 0 Å². The highest BCUT2D eigenvalue weighted by atomic mass is 16.6. The van der Waals surface area contributed by atoms with E-state index in [9.17, 15) is 4.79 Å². The number of hydrogen-bond acceptors (Lipinski definition) is 8. The summed E-state index contributed by atoms with van der Waals surface area (Å²) in [4.78, 5) is 24.6. The number of ether oxygens (including phenoxy) is 1. The van der Waals surface area contributed by atoms with Gasteiger partial charge in [-0.3, -0.25) is 0 Å². The Hall–Kier alpha value is -3.16. The highest BCUT2D eigenvalue weighted by Crippen LogP contribution is 2.21. The molecule has 1 aromatic heterocycles. The van der Waals surface area contributed by atoms with Crippen LogP contribution in [0.2, 0.25) is 0 Å². The van der Waals surface area contributed by atoms with E-state index in [4.69, 9.17) is 10.5 Å². The number of carbonyl (C=O) groups excluding carboxylic acids is 1. The quantitative estimate of drug-likeness (QED) is 0.328. The third-order valence-electron chi connectivity index (χ3n) is 3.32. The molecule has 0 saturated heterocycles. The van der Waals surface area contributed by atoms with Gasteiger partial charge in [0.15, 0.2) is 0 Å². The fourth-order valence-corrected chi connectivity index (χ4v) is 1.96. The summed E-state index contributed by atoms with van der Waals surface area (Å²) in [7, 11) is 1.43. The van der Waals surface area contributed by atoms with Crippen LogP contribution in [0.1, 0.15) is 35.7 Å². The normalized spacial score (nSPS) is 10.6. The highest BCUT2D eigenvalue weighted by molar-refractivity contribution is 5.93.